The molecule has 4 nitrogen and oxygen atoms in total. The standard InChI is InChI=1S/C14H27NO3/c1-6-8-12(9-7-2)13(16)15(4)10-11(3)14(17)18-5/h11-12H,6-10H2,1-5H3. The Hall–Kier alpha value is -1.06. The van der Waals surface area contributed by atoms with Crippen molar-refractivity contribution in [2.45, 2.75) is 46.5 Å². The third-order valence-corrected chi connectivity index (χ3v) is 3.15. The average molecular weight is 257 g/mol. The van der Waals surface area contributed by atoms with Crippen molar-refractivity contribution in [1.82, 2.24) is 4.90 Å². The molecular formula is C14H27NO3. The third kappa shape index (κ3) is 5.52. The molecule has 0 aliphatic heterocycles. The van der Waals surface area contributed by atoms with Gasteiger partial charge in [0.2, 0.25) is 5.91 Å². The molecule has 0 aliphatic rings. The first kappa shape index (κ1) is 16.9. The van der Waals surface area contributed by atoms with E-state index in [0.717, 1.165) is 25.7 Å². The zero-order chi connectivity index (χ0) is 14.1. The Labute approximate surface area is 111 Å². The predicted molar refractivity (Wildman–Crippen MR) is 72.1 cm³/mol. The summed E-state index contributed by atoms with van der Waals surface area (Å²) < 4.78 is 4.67. The highest BCUT2D eigenvalue weighted by atomic mass is 16.5. The summed E-state index contributed by atoms with van der Waals surface area (Å²) in [5, 5.41) is 0. The van der Waals surface area contributed by atoms with E-state index in [-0.39, 0.29) is 23.7 Å². The molecule has 1 amide bonds. The number of rotatable bonds is 8. The molecule has 1 atom stereocenters. The molecule has 0 aromatic rings. The van der Waals surface area contributed by atoms with Gasteiger partial charge in [-0.1, -0.05) is 33.6 Å². The molecule has 0 bridgehead atoms. The van der Waals surface area contributed by atoms with E-state index in [9.17, 15) is 9.59 Å². The van der Waals surface area contributed by atoms with Gasteiger partial charge in [0.25, 0.3) is 0 Å². The van der Waals surface area contributed by atoms with E-state index in [0.29, 0.717) is 6.54 Å². The lowest BCUT2D eigenvalue weighted by Crippen LogP contribution is -2.38. The molecule has 106 valence electrons. The number of ether oxygens (including phenoxy) is 1. The SMILES string of the molecule is CCCC(CCC)C(=O)N(C)CC(C)C(=O)OC. The van der Waals surface area contributed by atoms with Crippen molar-refractivity contribution in [1.29, 1.82) is 0 Å². The Morgan fingerprint density at radius 1 is 1.17 bits per heavy atom. The van der Waals surface area contributed by atoms with E-state index in [4.69, 9.17) is 0 Å². The molecule has 1 unspecified atom stereocenters. The Bertz CT molecular complexity index is 260. The van der Waals surface area contributed by atoms with Gasteiger partial charge in [-0.25, -0.2) is 0 Å². The van der Waals surface area contributed by atoms with Gasteiger partial charge in [0, 0.05) is 19.5 Å². The molecule has 0 saturated heterocycles. The van der Waals surface area contributed by atoms with Crippen LogP contribution < -0.4 is 0 Å². The van der Waals surface area contributed by atoms with Gasteiger partial charge in [-0.05, 0) is 12.8 Å². The number of amides is 1. The summed E-state index contributed by atoms with van der Waals surface area (Å²) in [6.45, 7) is 6.39. The second-order valence-electron chi connectivity index (χ2n) is 4.92. The quantitative estimate of drug-likeness (QED) is 0.628. The van der Waals surface area contributed by atoms with Crippen LogP contribution >= 0.6 is 0 Å². The number of nitrogens with zero attached hydrogens (tertiary/aromatic N) is 1. The minimum atomic E-state index is -0.271. The third-order valence-electron chi connectivity index (χ3n) is 3.15. The van der Waals surface area contributed by atoms with Crippen LogP contribution in [0.15, 0.2) is 0 Å². The topological polar surface area (TPSA) is 46.6 Å². The van der Waals surface area contributed by atoms with E-state index in [2.05, 4.69) is 18.6 Å². The van der Waals surface area contributed by atoms with Crippen LogP contribution in [0, 0.1) is 11.8 Å². The molecule has 0 aromatic heterocycles. The maximum atomic E-state index is 12.2. The predicted octanol–water partition coefficient (Wildman–Crippen LogP) is 2.47. The van der Waals surface area contributed by atoms with Crippen molar-refractivity contribution in [3.8, 4) is 0 Å². The van der Waals surface area contributed by atoms with Crippen LogP contribution in [0.5, 0.6) is 0 Å². The average Bonchev–Trinajstić information content (AvgIpc) is 2.36. The minimum absolute atomic E-state index is 0.0925. The molecule has 0 radical (unpaired) electrons. The van der Waals surface area contributed by atoms with Crippen LogP contribution in [-0.2, 0) is 14.3 Å². The van der Waals surface area contributed by atoms with Gasteiger partial charge in [0.15, 0.2) is 0 Å². The monoisotopic (exact) mass is 257 g/mol. The zero-order valence-corrected chi connectivity index (χ0v) is 12.4. The number of hydrogen-bond acceptors (Lipinski definition) is 3. The summed E-state index contributed by atoms with van der Waals surface area (Å²) in [7, 11) is 3.14. The van der Waals surface area contributed by atoms with E-state index in [1.165, 1.54) is 7.11 Å². The van der Waals surface area contributed by atoms with Gasteiger partial charge in [0.1, 0.15) is 0 Å². The van der Waals surface area contributed by atoms with Crippen molar-refractivity contribution >= 4 is 11.9 Å². The molecule has 0 N–H and O–H groups in total. The van der Waals surface area contributed by atoms with Gasteiger partial charge >= 0.3 is 5.97 Å². The number of hydrogen-bond donors (Lipinski definition) is 0. The molecule has 0 spiro atoms. The van der Waals surface area contributed by atoms with E-state index in [1.54, 1.807) is 18.9 Å². The lowest BCUT2D eigenvalue weighted by atomic mass is 9.96. The first-order chi connectivity index (χ1) is 8.47. The second kappa shape index (κ2) is 8.95. The second-order valence-corrected chi connectivity index (χ2v) is 4.92. The summed E-state index contributed by atoms with van der Waals surface area (Å²) >= 11 is 0. The Kier molecular flexibility index (Phi) is 8.42. The van der Waals surface area contributed by atoms with E-state index < -0.39 is 0 Å². The van der Waals surface area contributed by atoms with Crippen LogP contribution in [0.25, 0.3) is 0 Å². The van der Waals surface area contributed by atoms with Gasteiger partial charge in [-0.3, -0.25) is 9.59 Å². The molecular weight excluding hydrogens is 230 g/mol. The van der Waals surface area contributed by atoms with Crippen molar-refractivity contribution in [3.63, 3.8) is 0 Å². The first-order valence-corrected chi connectivity index (χ1v) is 6.80. The van der Waals surface area contributed by atoms with E-state index >= 15 is 0 Å². The number of carbonyl (C=O) groups is 2. The fraction of sp³-hybridized carbons (Fsp3) is 0.857. The first-order valence-electron chi connectivity index (χ1n) is 6.80. The fourth-order valence-electron chi connectivity index (χ4n) is 2.18. The molecule has 0 aromatic carbocycles. The Balaban J connectivity index is 4.41. The summed E-state index contributed by atoms with van der Waals surface area (Å²) in [5.41, 5.74) is 0. The number of methoxy groups -OCH3 is 1. The summed E-state index contributed by atoms with van der Waals surface area (Å²) in [4.78, 5) is 25.2. The van der Waals surface area contributed by atoms with Crippen LogP contribution in [-0.4, -0.2) is 37.5 Å². The molecule has 0 heterocycles. The van der Waals surface area contributed by atoms with Crippen molar-refractivity contribution < 1.29 is 14.3 Å². The van der Waals surface area contributed by atoms with Crippen LogP contribution in [0.1, 0.15) is 46.5 Å². The normalized spacial score (nSPS) is 12.3. The lowest BCUT2D eigenvalue weighted by Gasteiger charge is -2.25. The molecule has 0 aliphatic carbocycles. The van der Waals surface area contributed by atoms with Crippen molar-refractivity contribution in [3.05, 3.63) is 0 Å². The largest absolute Gasteiger partial charge is 0.469 e. The summed E-state index contributed by atoms with van der Waals surface area (Å²) in [6, 6.07) is 0. The molecule has 0 fully saturated rings. The number of carbonyl (C=O) groups excluding carboxylic acids is 2. The number of esters is 1. The zero-order valence-electron chi connectivity index (χ0n) is 12.4. The Morgan fingerprint density at radius 2 is 1.67 bits per heavy atom. The van der Waals surface area contributed by atoms with Gasteiger partial charge in [0.05, 0.1) is 13.0 Å². The minimum Gasteiger partial charge on any atom is -0.469 e. The highest BCUT2D eigenvalue weighted by molar-refractivity contribution is 5.79. The smallest absolute Gasteiger partial charge is 0.310 e. The maximum Gasteiger partial charge on any atom is 0.310 e. The molecule has 4 heteroatoms. The molecule has 0 rings (SSSR count). The molecule has 18 heavy (non-hydrogen) atoms. The van der Waals surface area contributed by atoms with Crippen LogP contribution in [0.2, 0.25) is 0 Å². The highest BCUT2D eigenvalue weighted by Crippen LogP contribution is 2.17. The lowest BCUT2D eigenvalue weighted by molar-refractivity contribution is -0.146. The van der Waals surface area contributed by atoms with E-state index in [1.807, 2.05) is 0 Å². The van der Waals surface area contributed by atoms with Crippen LogP contribution in [0.4, 0.5) is 0 Å². The Morgan fingerprint density at radius 3 is 2.06 bits per heavy atom. The fourth-order valence-corrected chi connectivity index (χ4v) is 2.18. The van der Waals surface area contributed by atoms with Crippen molar-refractivity contribution in [2.24, 2.45) is 11.8 Å². The van der Waals surface area contributed by atoms with Crippen molar-refractivity contribution in [2.75, 3.05) is 20.7 Å². The molecule has 0 saturated carbocycles. The highest BCUT2D eigenvalue weighted by Gasteiger charge is 2.23. The summed E-state index contributed by atoms with van der Waals surface area (Å²) in [5.74, 6) is -0.297. The van der Waals surface area contributed by atoms with Gasteiger partial charge < -0.3 is 9.64 Å². The van der Waals surface area contributed by atoms with Crippen LogP contribution in [0.3, 0.4) is 0 Å². The maximum absolute atomic E-state index is 12.2. The van der Waals surface area contributed by atoms with Gasteiger partial charge in [-0.15, -0.1) is 0 Å². The summed E-state index contributed by atoms with van der Waals surface area (Å²) in [6.07, 6.45) is 3.86. The van der Waals surface area contributed by atoms with Gasteiger partial charge in [-0.2, -0.15) is 0 Å².